The van der Waals surface area contributed by atoms with Gasteiger partial charge < -0.3 is 0 Å². The van der Waals surface area contributed by atoms with Crippen LogP contribution in [0.15, 0.2) is 91.1 Å². The molecule has 0 N–H and O–H groups in total. The maximum atomic E-state index is 12.8. The van der Waals surface area contributed by atoms with Gasteiger partial charge in [0.25, 0.3) is 11.8 Å². The Morgan fingerprint density at radius 2 is 1.32 bits per heavy atom. The molecular weight excluding hydrogens is 408 g/mol. The Morgan fingerprint density at radius 1 is 0.710 bits per heavy atom. The van der Waals surface area contributed by atoms with E-state index in [9.17, 15) is 9.59 Å². The molecule has 0 fully saturated rings. The second kappa shape index (κ2) is 7.82. The summed E-state index contributed by atoms with van der Waals surface area (Å²) >= 11 is 6.05. The second-order valence-electron chi connectivity index (χ2n) is 7.35. The van der Waals surface area contributed by atoms with Crippen molar-refractivity contribution in [2.45, 2.75) is 6.54 Å². The number of rotatable bonds is 4. The first-order chi connectivity index (χ1) is 15.1. The standard InChI is InChI=1S/C26H17ClN2O2/c27-20-12-10-19(11-13-20)24-23(18-6-2-1-3-7-18)14-17(15-28-24)16-29-25(30)21-8-4-5-9-22(21)26(29)31/h1-15H,16H2. The molecule has 1 aliphatic heterocycles. The number of hydrogen-bond donors (Lipinski definition) is 0. The summed E-state index contributed by atoms with van der Waals surface area (Å²) in [5.74, 6) is -0.549. The summed E-state index contributed by atoms with van der Waals surface area (Å²) in [5.41, 5.74) is 5.36. The molecule has 0 bridgehead atoms. The number of benzene rings is 3. The number of imide groups is 1. The maximum Gasteiger partial charge on any atom is 0.261 e. The predicted molar refractivity (Wildman–Crippen MR) is 121 cm³/mol. The van der Waals surface area contributed by atoms with Crippen LogP contribution >= 0.6 is 11.6 Å². The molecule has 150 valence electrons. The Labute approximate surface area is 184 Å². The number of hydrogen-bond acceptors (Lipinski definition) is 3. The highest BCUT2D eigenvalue weighted by atomic mass is 35.5. The van der Waals surface area contributed by atoms with Gasteiger partial charge in [-0.25, -0.2) is 0 Å². The van der Waals surface area contributed by atoms with Crippen molar-refractivity contribution in [2.24, 2.45) is 0 Å². The third-order valence-corrected chi connectivity index (χ3v) is 5.62. The largest absolute Gasteiger partial charge is 0.270 e. The molecular formula is C26H17ClN2O2. The van der Waals surface area contributed by atoms with Crippen LogP contribution in [0.4, 0.5) is 0 Å². The lowest BCUT2D eigenvalue weighted by Crippen LogP contribution is -2.29. The highest BCUT2D eigenvalue weighted by Gasteiger charge is 2.35. The van der Waals surface area contributed by atoms with Gasteiger partial charge in [-0.15, -0.1) is 0 Å². The Bertz CT molecular complexity index is 1270. The van der Waals surface area contributed by atoms with Crippen molar-refractivity contribution < 1.29 is 9.59 Å². The first-order valence-electron chi connectivity index (χ1n) is 9.87. The van der Waals surface area contributed by atoms with Gasteiger partial charge in [-0.1, -0.05) is 66.2 Å². The lowest BCUT2D eigenvalue weighted by Gasteiger charge is -2.16. The summed E-state index contributed by atoms with van der Waals surface area (Å²) in [4.78, 5) is 31.5. The molecule has 0 atom stereocenters. The van der Waals surface area contributed by atoms with Gasteiger partial charge in [-0.3, -0.25) is 19.5 Å². The molecule has 0 saturated heterocycles. The molecule has 0 unspecified atom stereocenters. The number of pyridine rings is 1. The Hall–Kier alpha value is -3.76. The van der Waals surface area contributed by atoms with Crippen molar-refractivity contribution in [1.29, 1.82) is 0 Å². The number of aromatic nitrogens is 1. The summed E-state index contributed by atoms with van der Waals surface area (Å²) in [5, 5.41) is 0.659. The van der Waals surface area contributed by atoms with Crippen LogP contribution < -0.4 is 0 Å². The molecule has 1 aromatic heterocycles. The van der Waals surface area contributed by atoms with Crippen molar-refractivity contribution >= 4 is 23.4 Å². The number of amides is 2. The highest BCUT2D eigenvalue weighted by molar-refractivity contribution is 6.30. The van der Waals surface area contributed by atoms with Gasteiger partial charge in [0, 0.05) is 22.3 Å². The van der Waals surface area contributed by atoms with Crippen LogP contribution in [0, 0.1) is 0 Å². The average molecular weight is 425 g/mol. The van der Waals surface area contributed by atoms with E-state index in [0.717, 1.165) is 27.9 Å². The summed E-state index contributed by atoms with van der Waals surface area (Å²) in [6.07, 6.45) is 1.72. The number of halogens is 1. The van der Waals surface area contributed by atoms with Gasteiger partial charge in [0.1, 0.15) is 0 Å². The van der Waals surface area contributed by atoms with E-state index in [2.05, 4.69) is 0 Å². The van der Waals surface area contributed by atoms with Crippen molar-refractivity contribution in [3.8, 4) is 22.4 Å². The highest BCUT2D eigenvalue weighted by Crippen LogP contribution is 2.33. The number of nitrogens with zero attached hydrogens (tertiary/aromatic N) is 2. The lowest BCUT2D eigenvalue weighted by atomic mass is 9.98. The van der Waals surface area contributed by atoms with E-state index in [4.69, 9.17) is 16.6 Å². The normalized spacial score (nSPS) is 12.9. The molecule has 2 amide bonds. The molecule has 1 aliphatic rings. The molecule has 0 saturated carbocycles. The lowest BCUT2D eigenvalue weighted by molar-refractivity contribution is 0.0642. The van der Waals surface area contributed by atoms with Gasteiger partial charge in [0.2, 0.25) is 0 Å². The molecule has 4 nitrogen and oxygen atoms in total. The maximum absolute atomic E-state index is 12.8. The van der Waals surface area contributed by atoms with Crippen molar-refractivity contribution in [1.82, 2.24) is 9.88 Å². The van der Waals surface area contributed by atoms with Crippen LogP contribution in [0.1, 0.15) is 26.3 Å². The summed E-state index contributed by atoms with van der Waals surface area (Å²) in [6.45, 7) is 0.167. The Balaban J connectivity index is 1.55. The van der Waals surface area contributed by atoms with E-state index in [1.165, 1.54) is 4.90 Å². The van der Waals surface area contributed by atoms with Gasteiger partial charge in [-0.2, -0.15) is 0 Å². The number of carbonyl (C=O) groups is 2. The van der Waals surface area contributed by atoms with Gasteiger partial charge in [0.05, 0.1) is 23.4 Å². The Kier molecular flexibility index (Phi) is 4.85. The molecule has 5 rings (SSSR count). The fourth-order valence-electron chi connectivity index (χ4n) is 3.84. The van der Waals surface area contributed by atoms with Gasteiger partial charge in [0.15, 0.2) is 0 Å². The minimum atomic E-state index is -0.274. The zero-order valence-corrected chi connectivity index (χ0v) is 17.2. The minimum Gasteiger partial charge on any atom is -0.270 e. The van der Waals surface area contributed by atoms with Gasteiger partial charge >= 0.3 is 0 Å². The van der Waals surface area contributed by atoms with Crippen LogP contribution in [0.5, 0.6) is 0 Å². The SMILES string of the molecule is O=C1c2ccccc2C(=O)N1Cc1cnc(-c2ccc(Cl)cc2)c(-c2ccccc2)c1. The van der Waals surface area contributed by atoms with E-state index < -0.39 is 0 Å². The molecule has 31 heavy (non-hydrogen) atoms. The van der Waals surface area contributed by atoms with Crippen molar-refractivity contribution in [3.05, 3.63) is 113 Å². The zero-order chi connectivity index (χ0) is 21.4. The van der Waals surface area contributed by atoms with E-state index >= 15 is 0 Å². The Morgan fingerprint density at radius 3 is 1.97 bits per heavy atom. The molecule has 4 aromatic rings. The summed E-state index contributed by atoms with van der Waals surface area (Å²) in [7, 11) is 0. The second-order valence-corrected chi connectivity index (χ2v) is 7.79. The van der Waals surface area contributed by atoms with E-state index in [1.54, 1.807) is 30.5 Å². The quantitative estimate of drug-likeness (QED) is 0.385. The summed E-state index contributed by atoms with van der Waals surface area (Å²) in [6, 6.07) is 26.4. The van der Waals surface area contributed by atoms with Crippen molar-refractivity contribution in [3.63, 3.8) is 0 Å². The minimum absolute atomic E-state index is 0.167. The van der Waals surface area contributed by atoms with Crippen LogP contribution in [0.25, 0.3) is 22.4 Å². The topological polar surface area (TPSA) is 50.3 Å². The van der Waals surface area contributed by atoms with E-state index in [-0.39, 0.29) is 18.4 Å². The van der Waals surface area contributed by atoms with Crippen LogP contribution in [0.3, 0.4) is 0 Å². The van der Waals surface area contributed by atoms with Crippen LogP contribution in [-0.2, 0) is 6.54 Å². The fraction of sp³-hybridized carbons (Fsp3) is 0.0385. The first-order valence-corrected chi connectivity index (χ1v) is 10.2. The molecule has 3 aromatic carbocycles. The third-order valence-electron chi connectivity index (χ3n) is 5.37. The average Bonchev–Trinajstić information content (AvgIpc) is 3.05. The molecule has 0 spiro atoms. The summed E-state index contributed by atoms with van der Waals surface area (Å²) < 4.78 is 0. The monoisotopic (exact) mass is 424 g/mol. The van der Waals surface area contributed by atoms with E-state index in [0.29, 0.717) is 16.1 Å². The van der Waals surface area contributed by atoms with Crippen molar-refractivity contribution in [2.75, 3.05) is 0 Å². The smallest absolute Gasteiger partial charge is 0.261 e. The zero-order valence-electron chi connectivity index (χ0n) is 16.5. The predicted octanol–water partition coefficient (Wildman–Crippen LogP) is 5.87. The molecule has 2 heterocycles. The number of carbonyl (C=O) groups excluding carboxylic acids is 2. The fourth-order valence-corrected chi connectivity index (χ4v) is 3.96. The molecule has 0 aliphatic carbocycles. The third kappa shape index (κ3) is 3.51. The number of fused-ring (bicyclic) bond motifs is 1. The molecule has 5 heteroatoms. The molecule has 0 radical (unpaired) electrons. The van der Waals surface area contributed by atoms with E-state index in [1.807, 2.05) is 60.7 Å². The van der Waals surface area contributed by atoms with Crippen LogP contribution in [0.2, 0.25) is 5.02 Å². The van der Waals surface area contributed by atoms with Gasteiger partial charge in [-0.05, 0) is 41.5 Å². The first kappa shape index (κ1) is 19.2. The van der Waals surface area contributed by atoms with Crippen LogP contribution in [-0.4, -0.2) is 21.7 Å².